The van der Waals surface area contributed by atoms with Crippen LogP contribution in [0.4, 0.5) is 5.69 Å². The quantitative estimate of drug-likeness (QED) is 0.553. The highest BCUT2D eigenvalue weighted by atomic mass is 16.5. The van der Waals surface area contributed by atoms with Crippen molar-refractivity contribution in [3.05, 3.63) is 41.3 Å². The first-order valence-electron chi connectivity index (χ1n) is 8.44. The van der Waals surface area contributed by atoms with Gasteiger partial charge in [-0.1, -0.05) is 5.18 Å². The van der Waals surface area contributed by atoms with Crippen LogP contribution in [0.5, 0.6) is 0 Å². The molecule has 0 aliphatic carbocycles. The first-order valence-corrected chi connectivity index (χ1v) is 8.44. The van der Waals surface area contributed by atoms with Gasteiger partial charge in [-0.3, -0.25) is 4.79 Å². The molecule has 3 heterocycles. The second-order valence-corrected chi connectivity index (χ2v) is 5.90. The van der Waals surface area contributed by atoms with Crippen molar-refractivity contribution < 1.29 is 14.6 Å². The second-order valence-electron chi connectivity index (χ2n) is 5.90. The maximum atomic E-state index is 10.9. The van der Waals surface area contributed by atoms with Gasteiger partial charge in [-0.25, -0.2) is 9.20 Å². The van der Waals surface area contributed by atoms with Gasteiger partial charge in [0.05, 0.1) is 29.8 Å². The second kappa shape index (κ2) is 7.96. The first kappa shape index (κ1) is 18.5. The Bertz CT molecular complexity index is 964. The van der Waals surface area contributed by atoms with Crippen molar-refractivity contribution in [3.8, 4) is 11.1 Å². The number of carbonyl (C=O) groups is 1. The number of nitroso groups, excluding NO2 is 1. The maximum absolute atomic E-state index is 10.9. The molecule has 0 saturated carbocycles. The van der Waals surface area contributed by atoms with E-state index in [1.165, 1.54) is 0 Å². The van der Waals surface area contributed by atoms with E-state index in [9.17, 15) is 9.70 Å². The number of aromatic nitrogens is 4. The summed E-state index contributed by atoms with van der Waals surface area (Å²) in [6.07, 6.45) is 6.56. The van der Waals surface area contributed by atoms with E-state index in [-0.39, 0.29) is 19.3 Å². The highest BCUT2D eigenvalue weighted by Crippen LogP contribution is 2.31. The van der Waals surface area contributed by atoms with Crippen molar-refractivity contribution in [3.63, 3.8) is 0 Å². The fourth-order valence-electron chi connectivity index (χ4n) is 2.88. The van der Waals surface area contributed by atoms with Crippen LogP contribution >= 0.6 is 0 Å². The molecule has 0 saturated heterocycles. The average Bonchev–Trinajstić information content (AvgIpc) is 3.27. The third kappa shape index (κ3) is 3.95. The summed E-state index contributed by atoms with van der Waals surface area (Å²) in [5.74, 6) is -0.963. The summed E-state index contributed by atoms with van der Waals surface area (Å²) in [4.78, 5) is 21.7. The van der Waals surface area contributed by atoms with Gasteiger partial charge in [-0.05, 0) is 19.9 Å². The minimum Gasteiger partial charge on any atom is -0.480 e. The molecule has 0 fully saturated rings. The molecule has 3 aromatic rings. The highest BCUT2D eigenvalue weighted by molar-refractivity contribution is 5.85. The number of nitrogens with zero attached hydrogens (tertiary/aromatic N) is 5. The third-order valence-corrected chi connectivity index (χ3v) is 4.06. The molecular formula is C17H20N6O4. The Kier molecular flexibility index (Phi) is 5.46. The molecule has 0 aliphatic heterocycles. The van der Waals surface area contributed by atoms with E-state index >= 15 is 0 Å². The minimum atomic E-state index is -0.963. The van der Waals surface area contributed by atoms with Crippen molar-refractivity contribution in [2.45, 2.75) is 26.6 Å². The summed E-state index contributed by atoms with van der Waals surface area (Å²) >= 11 is 0. The number of aliphatic carboxylic acids is 1. The number of carboxylic acid groups (broad SMARTS) is 1. The molecule has 0 aromatic carbocycles. The normalized spacial score (nSPS) is 12.2. The zero-order valence-corrected chi connectivity index (χ0v) is 15.0. The van der Waals surface area contributed by atoms with Gasteiger partial charge < -0.3 is 15.2 Å². The van der Waals surface area contributed by atoms with E-state index in [0.717, 1.165) is 11.1 Å². The summed E-state index contributed by atoms with van der Waals surface area (Å²) in [7, 11) is 0. The molecule has 2 N–H and O–H groups in total. The molecule has 3 aromatic heterocycles. The van der Waals surface area contributed by atoms with Crippen molar-refractivity contribution in [1.29, 1.82) is 0 Å². The topological polar surface area (TPSA) is 123 Å². The zero-order chi connectivity index (χ0) is 19.4. The number of rotatable bonds is 9. The van der Waals surface area contributed by atoms with Gasteiger partial charge in [0.2, 0.25) is 0 Å². The largest absolute Gasteiger partial charge is 0.480 e. The molecule has 0 radical (unpaired) electrons. The Morgan fingerprint density at radius 2 is 2.19 bits per heavy atom. The summed E-state index contributed by atoms with van der Waals surface area (Å²) in [5.41, 5.74) is 3.53. The van der Waals surface area contributed by atoms with Gasteiger partial charge in [0.25, 0.3) is 0 Å². The van der Waals surface area contributed by atoms with Crippen molar-refractivity contribution in [2.24, 2.45) is 5.18 Å². The van der Waals surface area contributed by atoms with Crippen LogP contribution in [0, 0.1) is 4.91 Å². The van der Waals surface area contributed by atoms with Crippen LogP contribution in [0.15, 0.2) is 36.0 Å². The Hall–Kier alpha value is -3.27. The van der Waals surface area contributed by atoms with Crippen LogP contribution in [0.25, 0.3) is 16.6 Å². The Morgan fingerprint density at radius 1 is 1.37 bits per heavy atom. The Balaban J connectivity index is 2.06. The van der Waals surface area contributed by atoms with E-state index in [0.29, 0.717) is 23.4 Å². The SMILES string of the molecule is CCOC(C)n1cc(-c2c(CN=O)cnn3cc(NCC(=O)O)cc23)cn1. The minimum absolute atomic E-state index is 0.0336. The fourth-order valence-corrected chi connectivity index (χ4v) is 2.88. The number of anilines is 1. The van der Waals surface area contributed by atoms with Gasteiger partial charge >= 0.3 is 5.97 Å². The van der Waals surface area contributed by atoms with E-state index in [1.807, 2.05) is 20.0 Å². The Morgan fingerprint density at radius 3 is 2.89 bits per heavy atom. The monoisotopic (exact) mass is 372 g/mol. The van der Waals surface area contributed by atoms with Crippen LogP contribution in [-0.2, 0) is 16.1 Å². The summed E-state index contributed by atoms with van der Waals surface area (Å²) < 4.78 is 8.87. The van der Waals surface area contributed by atoms with Gasteiger partial charge in [0.1, 0.15) is 19.3 Å². The fraction of sp³-hybridized carbons (Fsp3) is 0.353. The number of ether oxygens (including phenoxy) is 1. The molecule has 10 nitrogen and oxygen atoms in total. The molecular weight excluding hydrogens is 352 g/mol. The van der Waals surface area contributed by atoms with E-state index < -0.39 is 5.97 Å². The van der Waals surface area contributed by atoms with Gasteiger partial charge in [0.15, 0.2) is 0 Å². The number of carboxylic acids is 1. The lowest BCUT2D eigenvalue weighted by atomic mass is 10.0. The van der Waals surface area contributed by atoms with Crippen molar-refractivity contribution >= 4 is 17.2 Å². The lowest BCUT2D eigenvalue weighted by molar-refractivity contribution is -0.134. The standard InChI is InChI=1S/C17H20N6O4/c1-3-27-11(2)22-9-13(6-19-22)17-12(7-21-26)5-20-23-10-14(4-15(17)23)18-8-16(24)25/h4-6,9-11,18H,3,7-8H2,1-2H3,(H,24,25). The number of hydrogen-bond donors (Lipinski definition) is 2. The van der Waals surface area contributed by atoms with Crippen LogP contribution in [0.2, 0.25) is 0 Å². The molecule has 0 aliphatic rings. The van der Waals surface area contributed by atoms with E-state index in [4.69, 9.17) is 9.84 Å². The summed E-state index contributed by atoms with van der Waals surface area (Å²) in [5, 5.41) is 23.3. The Labute approximate surface area is 154 Å². The predicted octanol–water partition coefficient (Wildman–Crippen LogP) is 2.52. The average molecular weight is 372 g/mol. The number of hydrogen-bond acceptors (Lipinski definition) is 7. The molecule has 142 valence electrons. The van der Waals surface area contributed by atoms with Crippen LogP contribution < -0.4 is 5.32 Å². The first-order chi connectivity index (χ1) is 13.0. The smallest absolute Gasteiger partial charge is 0.322 e. The van der Waals surface area contributed by atoms with Crippen LogP contribution in [0.3, 0.4) is 0 Å². The van der Waals surface area contributed by atoms with Crippen molar-refractivity contribution in [2.75, 3.05) is 18.5 Å². The molecule has 1 atom stereocenters. The highest BCUT2D eigenvalue weighted by Gasteiger charge is 2.16. The van der Waals surface area contributed by atoms with Gasteiger partial charge in [0, 0.05) is 29.5 Å². The number of fused-ring (bicyclic) bond motifs is 1. The molecule has 1 unspecified atom stereocenters. The lowest BCUT2D eigenvalue weighted by Gasteiger charge is -2.11. The summed E-state index contributed by atoms with van der Waals surface area (Å²) in [6, 6.07) is 1.78. The van der Waals surface area contributed by atoms with E-state index in [1.54, 1.807) is 33.9 Å². The van der Waals surface area contributed by atoms with Gasteiger partial charge in [-0.15, -0.1) is 0 Å². The molecule has 0 amide bonds. The maximum Gasteiger partial charge on any atom is 0.322 e. The molecule has 3 rings (SSSR count). The zero-order valence-electron chi connectivity index (χ0n) is 15.0. The van der Waals surface area contributed by atoms with Crippen LogP contribution in [-0.4, -0.2) is 43.6 Å². The van der Waals surface area contributed by atoms with Crippen LogP contribution in [0.1, 0.15) is 25.6 Å². The lowest BCUT2D eigenvalue weighted by Crippen LogP contribution is -2.11. The molecule has 0 bridgehead atoms. The number of nitrogens with one attached hydrogen (secondary N) is 1. The summed E-state index contributed by atoms with van der Waals surface area (Å²) in [6.45, 7) is 4.12. The van der Waals surface area contributed by atoms with Gasteiger partial charge in [-0.2, -0.15) is 15.1 Å². The predicted molar refractivity (Wildman–Crippen MR) is 98.4 cm³/mol. The molecule has 10 heteroatoms. The molecule has 0 spiro atoms. The molecule has 27 heavy (non-hydrogen) atoms. The van der Waals surface area contributed by atoms with Crippen molar-refractivity contribution in [1.82, 2.24) is 19.4 Å². The third-order valence-electron chi connectivity index (χ3n) is 4.06. The van der Waals surface area contributed by atoms with E-state index in [2.05, 4.69) is 20.7 Å².